The third-order valence-corrected chi connectivity index (χ3v) is 5.56. The fraction of sp³-hybridized carbons (Fsp3) is 0.304. The lowest BCUT2D eigenvalue weighted by Gasteiger charge is -2.14. The number of benzene rings is 2. The smallest absolute Gasteiger partial charge is 0.128 e. The average molecular weight is 387 g/mol. The van der Waals surface area contributed by atoms with Crippen LogP contribution >= 0.6 is 0 Å². The highest BCUT2D eigenvalue weighted by molar-refractivity contribution is 5.80. The van der Waals surface area contributed by atoms with Crippen LogP contribution in [0.4, 0.5) is 0 Å². The first-order valence-corrected chi connectivity index (χ1v) is 10.3. The van der Waals surface area contributed by atoms with Gasteiger partial charge in [-0.25, -0.2) is 0 Å². The molecule has 0 amide bonds. The molecule has 0 atom stereocenters. The molecule has 6 nitrogen and oxygen atoms in total. The quantitative estimate of drug-likeness (QED) is 0.499. The van der Waals surface area contributed by atoms with Gasteiger partial charge in [-0.3, -0.25) is 9.78 Å². The summed E-state index contributed by atoms with van der Waals surface area (Å²) in [7, 11) is 0. The predicted molar refractivity (Wildman–Crippen MR) is 114 cm³/mol. The summed E-state index contributed by atoms with van der Waals surface area (Å²) in [6, 6.07) is 16.1. The maximum atomic E-state index is 6.05. The number of rotatable bonds is 7. The van der Waals surface area contributed by atoms with Crippen molar-refractivity contribution in [3.8, 4) is 22.8 Å². The van der Waals surface area contributed by atoms with Crippen LogP contribution in [-0.2, 0) is 6.54 Å². The first-order valence-electron chi connectivity index (χ1n) is 10.3. The number of fused-ring (bicyclic) bond motifs is 1. The highest BCUT2D eigenvalue weighted by atomic mass is 16.5. The Bertz CT molecular complexity index is 1060. The third-order valence-electron chi connectivity index (χ3n) is 5.56. The van der Waals surface area contributed by atoms with E-state index in [4.69, 9.17) is 4.74 Å². The van der Waals surface area contributed by atoms with Crippen LogP contribution < -0.4 is 4.74 Å². The Labute approximate surface area is 170 Å². The van der Waals surface area contributed by atoms with E-state index in [1.54, 1.807) is 6.20 Å². The minimum Gasteiger partial charge on any atom is -0.457 e. The molecule has 2 aromatic heterocycles. The van der Waals surface area contributed by atoms with E-state index in [9.17, 15) is 0 Å². The molecule has 1 N–H and O–H groups in total. The van der Waals surface area contributed by atoms with Gasteiger partial charge in [0.15, 0.2) is 0 Å². The van der Waals surface area contributed by atoms with E-state index in [1.807, 2.05) is 42.6 Å². The van der Waals surface area contributed by atoms with Gasteiger partial charge in [-0.15, -0.1) is 0 Å². The molecule has 1 saturated heterocycles. The Balaban J connectivity index is 1.24. The van der Waals surface area contributed by atoms with Crippen LogP contribution in [0.25, 0.3) is 22.2 Å². The molecule has 0 saturated carbocycles. The second-order valence-electron chi connectivity index (χ2n) is 7.59. The second-order valence-corrected chi connectivity index (χ2v) is 7.59. The second kappa shape index (κ2) is 8.09. The van der Waals surface area contributed by atoms with Crippen molar-refractivity contribution >= 4 is 10.9 Å². The molecule has 6 heteroatoms. The number of likely N-dealkylation sites (tertiary alicyclic amines) is 1. The lowest BCUT2D eigenvalue weighted by atomic mass is 10.1. The van der Waals surface area contributed by atoms with Crippen molar-refractivity contribution in [1.29, 1.82) is 0 Å². The maximum absolute atomic E-state index is 6.05. The summed E-state index contributed by atoms with van der Waals surface area (Å²) in [5.41, 5.74) is 3.24. The molecule has 0 spiro atoms. The van der Waals surface area contributed by atoms with E-state index >= 15 is 0 Å². The van der Waals surface area contributed by atoms with Gasteiger partial charge in [-0.05, 0) is 93.0 Å². The third kappa shape index (κ3) is 4.03. The van der Waals surface area contributed by atoms with E-state index in [2.05, 4.69) is 37.0 Å². The summed E-state index contributed by atoms with van der Waals surface area (Å²) >= 11 is 0. The SMILES string of the molecule is c1cc(-c2ccc(Oc3ccc4c(cnn4CCCN4CCCC4)c3)cc2)[nH]n1. The van der Waals surface area contributed by atoms with Gasteiger partial charge in [-0.1, -0.05) is 0 Å². The minimum absolute atomic E-state index is 0.811. The molecule has 0 bridgehead atoms. The molecule has 2 aromatic carbocycles. The van der Waals surface area contributed by atoms with Gasteiger partial charge < -0.3 is 9.64 Å². The molecule has 1 fully saturated rings. The highest BCUT2D eigenvalue weighted by Crippen LogP contribution is 2.27. The summed E-state index contributed by atoms with van der Waals surface area (Å²) in [5.74, 6) is 1.63. The molecule has 148 valence electrons. The van der Waals surface area contributed by atoms with Crippen molar-refractivity contribution in [1.82, 2.24) is 24.9 Å². The Morgan fingerprint density at radius 2 is 1.76 bits per heavy atom. The standard InChI is InChI=1S/C23H25N5O/c1-2-13-27(12-1)14-3-15-28-23-9-8-21(16-19(23)17-25-28)29-20-6-4-18(5-7-20)22-10-11-24-26-22/h4-11,16-17H,1-3,12-15H2,(H,24,26). The molecule has 5 rings (SSSR count). The largest absolute Gasteiger partial charge is 0.457 e. The first-order chi connectivity index (χ1) is 14.3. The zero-order valence-electron chi connectivity index (χ0n) is 16.4. The number of hydrogen-bond acceptors (Lipinski definition) is 4. The zero-order valence-corrected chi connectivity index (χ0v) is 16.4. The zero-order chi connectivity index (χ0) is 19.5. The summed E-state index contributed by atoms with van der Waals surface area (Å²) < 4.78 is 8.15. The topological polar surface area (TPSA) is 59.0 Å². The van der Waals surface area contributed by atoms with Gasteiger partial charge in [0.2, 0.25) is 0 Å². The molecule has 29 heavy (non-hydrogen) atoms. The van der Waals surface area contributed by atoms with E-state index in [-0.39, 0.29) is 0 Å². The Morgan fingerprint density at radius 1 is 0.931 bits per heavy atom. The molecule has 0 unspecified atom stereocenters. The summed E-state index contributed by atoms with van der Waals surface area (Å²) in [6.45, 7) is 4.62. The molecule has 1 aliphatic rings. The van der Waals surface area contributed by atoms with Crippen LogP contribution in [0.1, 0.15) is 19.3 Å². The van der Waals surface area contributed by atoms with Crippen LogP contribution in [-0.4, -0.2) is 44.5 Å². The number of ether oxygens (including phenoxy) is 1. The highest BCUT2D eigenvalue weighted by Gasteiger charge is 2.11. The molecule has 4 aromatic rings. The Morgan fingerprint density at radius 3 is 2.55 bits per heavy atom. The number of nitrogens with zero attached hydrogens (tertiary/aromatic N) is 4. The average Bonchev–Trinajstić information content (AvgIpc) is 3.51. The number of nitrogens with one attached hydrogen (secondary N) is 1. The summed E-state index contributed by atoms with van der Waals surface area (Å²) in [5, 5.41) is 12.7. The molecular weight excluding hydrogens is 362 g/mol. The van der Waals surface area contributed by atoms with Crippen molar-refractivity contribution in [3.05, 3.63) is 60.9 Å². The van der Waals surface area contributed by atoms with E-state index in [0.29, 0.717) is 0 Å². The lowest BCUT2D eigenvalue weighted by Crippen LogP contribution is -2.21. The number of aryl methyl sites for hydroxylation is 1. The Kier molecular flexibility index (Phi) is 5.01. The lowest BCUT2D eigenvalue weighted by molar-refractivity contribution is 0.323. The van der Waals surface area contributed by atoms with Crippen LogP contribution in [0.3, 0.4) is 0 Å². The maximum Gasteiger partial charge on any atom is 0.128 e. The van der Waals surface area contributed by atoms with Crippen molar-refractivity contribution in [3.63, 3.8) is 0 Å². The fourth-order valence-corrected chi connectivity index (χ4v) is 4.01. The van der Waals surface area contributed by atoms with Gasteiger partial charge in [-0.2, -0.15) is 10.2 Å². The predicted octanol–water partition coefficient (Wildman–Crippen LogP) is 4.70. The summed E-state index contributed by atoms with van der Waals surface area (Å²) in [4.78, 5) is 2.55. The molecule has 0 radical (unpaired) electrons. The van der Waals surface area contributed by atoms with Crippen LogP contribution in [0.2, 0.25) is 0 Å². The molecule has 3 heterocycles. The number of aromatic amines is 1. The fourth-order valence-electron chi connectivity index (χ4n) is 4.01. The van der Waals surface area contributed by atoms with Crippen LogP contribution in [0.15, 0.2) is 60.9 Å². The molecule has 1 aliphatic heterocycles. The molecule has 0 aliphatic carbocycles. The van der Waals surface area contributed by atoms with Crippen LogP contribution in [0.5, 0.6) is 11.5 Å². The van der Waals surface area contributed by atoms with E-state index in [1.165, 1.54) is 25.9 Å². The van der Waals surface area contributed by atoms with Gasteiger partial charge in [0, 0.05) is 18.1 Å². The van der Waals surface area contributed by atoms with Gasteiger partial charge in [0.1, 0.15) is 11.5 Å². The van der Waals surface area contributed by atoms with Crippen LogP contribution in [0, 0.1) is 0 Å². The summed E-state index contributed by atoms with van der Waals surface area (Å²) in [6.07, 6.45) is 7.51. The minimum atomic E-state index is 0.811. The monoisotopic (exact) mass is 387 g/mol. The Hall–Kier alpha value is -3.12. The van der Waals surface area contributed by atoms with Crippen molar-refractivity contribution in [2.24, 2.45) is 0 Å². The van der Waals surface area contributed by atoms with Gasteiger partial charge in [0.25, 0.3) is 0 Å². The van der Waals surface area contributed by atoms with Crippen molar-refractivity contribution in [2.45, 2.75) is 25.8 Å². The molecular formula is C23H25N5O. The number of H-pyrrole nitrogens is 1. The van der Waals surface area contributed by atoms with Crippen molar-refractivity contribution in [2.75, 3.05) is 19.6 Å². The normalized spacial score (nSPS) is 14.6. The number of hydrogen-bond donors (Lipinski definition) is 1. The van der Waals surface area contributed by atoms with Gasteiger partial charge in [0.05, 0.1) is 17.4 Å². The number of aromatic nitrogens is 4. The first kappa shape index (κ1) is 17.9. The van der Waals surface area contributed by atoms with Crippen molar-refractivity contribution < 1.29 is 4.74 Å². The van der Waals surface area contributed by atoms with Gasteiger partial charge >= 0.3 is 0 Å². The van der Waals surface area contributed by atoms with E-state index < -0.39 is 0 Å². The van der Waals surface area contributed by atoms with E-state index in [0.717, 1.165) is 53.2 Å².